The first-order valence-corrected chi connectivity index (χ1v) is 9.46. The van der Waals surface area contributed by atoms with E-state index in [-0.39, 0.29) is 36.8 Å². The topological polar surface area (TPSA) is 66.5 Å². The fourth-order valence-corrected chi connectivity index (χ4v) is 4.26. The third kappa shape index (κ3) is 5.63. The number of fused-ring (bicyclic) bond motifs is 1. The first kappa shape index (κ1) is 22.1. The molecule has 4 rings (SSSR count). The molecule has 0 spiro atoms. The number of hydrogen-bond acceptors (Lipinski definition) is 6. The number of benzene rings is 1. The quantitative estimate of drug-likeness (QED) is 0.779. The van der Waals surface area contributed by atoms with Crippen molar-refractivity contribution in [2.45, 2.75) is 25.6 Å². The van der Waals surface area contributed by atoms with Gasteiger partial charge < -0.3 is 15.4 Å². The lowest BCUT2D eigenvalue weighted by atomic mass is 10.1. The van der Waals surface area contributed by atoms with Gasteiger partial charge in [-0.2, -0.15) is 0 Å². The highest BCUT2D eigenvalue weighted by Crippen LogP contribution is 2.29. The van der Waals surface area contributed by atoms with Gasteiger partial charge in [0.05, 0.1) is 18.9 Å². The molecule has 2 aromatic rings. The molecule has 0 saturated carbocycles. The summed E-state index contributed by atoms with van der Waals surface area (Å²) in [7, 11) is 0. The predicted octanol–water partition coefficient (Wildman–Crippen LogP) is 2.47. The predicted molar refractivity (Wildman–Crippen MR) is 112 cm³/mol. The molecule has 1 unspecified atom stereocenters. The summed E-state index contributed by atoms with van der Waals surface area (Å²) in [6.45, 7) is 4.62. The molecule has 2 aliphatic rings. The number of rotatable bonds is 4. The SMILES string of the molecule is Cl.Cl.O=C(Nc1nc2c(s1)CN(Cc1ccccc1)CC2)C1COCCN1. The van der Waals surface area contributed by atoms with Crippen molar-refractivity contribution >= 4 is 47.2 Å². The number of halogens is 2. The van der Waals surface area contributed by atoms with E-state index >= 15 is 0 Å². The van der Waals surface area contributed by atoms with Crippen LogP contribution in [0, 0.1) is 0 Å². The summed E-state index contributed by atoms with van der Waals surface area (Å²) >= 11 is 1.59. The van der Waals surface area contributed by atoms with Crippen molar-refractivity contribution < 1.29 is 9.53 Å². The van der Waals surface area contributed by atoms with Gasteiger partial charge in [0.2, 0.25) is 5.91 Å². The highest BCUT2D eigenvalue weighted by molar-refractivity contribution is 7.15. The molecule has 1 aromatic carbocycles. The Bertz CT molecular complexity index is 738. The summed E-state index contributed by atoms with van der Waals surface area (Å²) in [5.41, 5.74) is 2.45. The maximum atomic E-state index is 12.3. The lowest BCUT2D eigenvalue weighted by Crippen LogP contribution is -2.48. The summed E-state index contributed by atoms with van der Waals surface area (Å²) in [6.07, 6.45) is 0.930. The van der Waals surface area contributed by atoms with Crippen LogP contribution in [-0.2, 0) is 29.0 Å². The number of carbonyl (C=O) groups is 1. The van der Waals surface area contributed by atoms with Crippen LogP contribution < -0.4 is 10.6 Å². The van der Waals surface area contributed by atoms with Crippen LogP contribution in [0.2, 0.25) is 0 Å². The normalized spacial score (nSPS) is 19.3. The van der Waals surface area contributed by atoms with Gasteiger partial charge in [0.1, 0.15) is 6.04 Å². The van der Waals surface area contributed by atoms with Gasteiger partial charge in [0.25, 0.3) is 0 Å². The average Bonchev–Trinajstić information content (AvgIpc) is 3.05. The number of nitrogens with one attached hydrogen (secondary N) is 2. The lowest BCUT2D eigenvalue weighted by Gasteiger charge is -2.25. The van der Waals surface area contributed by atoms with Crippen molar-refractivity contribution in [1.82, 2.24) is 15.2 Å². The van der Waals surface area contributed by atoms with Crippen molar-refractivity contribution in [3.8, 4) is 0 Å². The zero-order valence-corrected chi connectivity index (χ0v) is 17.3. The number of thiazole rings is 1. The minimum Gasteiger partial charge on any atom is -0.378 e. The summed E-state index contributed by atoms with van der Waals surface area (Å²) in [5, 5.41) is 6.81. The van der Waals surface area contributed by atoms with Gasteiger partial charge in [-0.05, 0) is 5.56 Å². The molecule has 1 atom stereocenters. The van der Waals surface area contributed by atoms with Crippen molar-refractivity contribution in [1.29, 1.82) is 0 Å². The molecule has 9 heteroatoms. The number of anilines is 1. The summed E-state index contributed by atoms with van der Waals surface area (Å²) in [6, 6.07) is 10.2. The van der Waals surface area contributed by atoms with Crippen LogP contribution in [0.3, 0.4) is 0 Å². The van der Waals surface area contributed by atoms with E-state index in [1.54, 1.807) is 11.3 Å². The Morgan fingerprint density at radius 1 is 1.33 bits per heavy atom. The largest absolute Gasteiger partial charge is 0.378 e. The highest BCUT2D eigenvalue weighted by atomic mass is 35.5. The number of nitrogens with zero attached hydrogens (tertiary/aromatic N) is 2. The second kappa shape index (κ2) is 10.4. The number of aromatic nitrogens is 1. The second-order valence-corrected chi connectivity index (χ2v) is 7.49. The third-order valence-electron chi connectivity index (χ3n) is 4.53. The van der Waals surface area contributed by atoms with Gasteiger partial charge in [-0.25, -0.2) is 4.98 Å². The van der Waals surface area contributed by atoms with Crippen molar-refractivity contribution in [3.05, 3.63) is 46.5 Å². The Morgan fingerprint density at radius 3 is 2.89 bits per heavy atom. The molecule has 1 fully saturated rings. The van der Waals surface area contributed by atoms with Crippen LogP contribution in [0.15, 0.2) is 30.3 Å². The standard InChI is InChI=1S/C18H22N4O2S.2ClH/c23-17(15-12-24-9-7-19-15)21-18-20-14-6-8-22(11-16(14)25-18)10-13-4-2-1-3-5-13;;/h1-5,15,19H,6-12H2,(H,20,21,23);2*1H. The fourth-order valence-electron chi connectivity index (χ4n) is 3.20. The summed E-state index contributed by atoms with van der Waals surface area (Å²) in [5.74, 6) is -0.0630. The van der Waals surface area contributed by atoms with Gasteiger partial charge in [-0.3, -0.25) is 9.69 Å². The Balaban J connectivity index is 0.00000131. The van der Waals surface area contributed by atoms with Gasteiger partial charge >= 0.3 is 0 Å². The Hall–Kier alpha value is -1.22. The zero-order valence-electron chi connectivity index (χ0n) is 14.8. The van der Waals surface area contributed by atoms with Gasteiger partial charge in [0.15, 0.2) is 5.13 Å². The summed E-state index contributed by atoms with van der Waals surface area (Å²) in [4.78, 5) is 20.6. The maximum absolute atomic E-state index is 12.3. The first-order chi connectivity index (χ1) is 12.3. The van der Waals surface area contributed by atoms with Crippen LogP contribution in [0.25, 0.3) is 0 Å². The fraction of sp³-hybridized carbons (Fsp3) is 0.444. The Morgan fingerprint density at radius 2 is 2.15 bits per heavy atom. The number of carbonyl (C=O) groups excluding carboxylic acids is 1. The molecule has 148 valence electrons. The van der Waals surface area contributed by atoms with E-state index in [1.807, 2.05) is 6.07 Å². The van der Waals surface area contributed by atoms with Gasteiger partial charge in [0, 0.05) is 37.5 Å². The molecule has 1 aromatic heterocycles. The van der Waals surface area contributed by atoms with Gasteiger partial charge in [-0.15, -0.1) is 36.2 Å². The van der Waals surface area contributed by atoms with Crippen LogP contribution in [0.5, 0.6) is 0 Å². The van der Waals surface area contributed by atoms with E-state index in [0.29, 0.717) is 24.9 Å². The van der Waals surface area contributed by atoms with Crippen molar-refractivity contribution in [2.75, 3.05) is 31.6 Å². The molecular weight excluding hydrogens is 407 g/mol. The number of hydrogen-bond donors (Lipinski definition) is 2. The monoisotopic (exact) mass is 430 g/mol. The Kier molecular flexibility index (Phi) is 8.47. The maximum Gasteiger partial charge on any atom is 0.245 e. The van der Waals surface area contributed by atoms with Crippen LogP contribution in [0.4, 0.5) is 5.13 Å². The van der Waals surface area contributed by atoms with Crippen LogP contribution in [0.1, 0.15) is 16.1 Å². The smallest absolute Gasteiger partial charge is 0.245 e. The first-order valence-electron chi connectivity index (χ1n) is 8.65. The molecular formula is C18H24Cl2N4O2S. The molecule has 2 aliphatic heterocycles. The van der Waals surface area contributed by atoms with Crippen LogP contribution >= 0.6 is 36.2 Å². The molecule has 1 saturated heterocycles. The van der Waals surface area contributed by atoms with Crippen molar-refractivity contribution in [2.24, 2.45) is 0 Å². The molecule has 0 aliphatic carbocycles. The van der Waals surface area contributed by atoms with Crippen molar-refractivity contribution in [3.63, 3.8) is 0 Å². The van der Waals surface area contributed by atoms with E-state index in [1.165, 1.54) is 10.4 Å². The average molecular weight is 431 g/mol. The van der Waals surface area contributed by atoms with Crippen LogP contribution in [-0.4, -0.2) is 48.1 Å². The zero-order chi connectivity index (χ0) is 17.1. The molecule has 3 heterocycles. The van der Waals surface area contributed by atoms with E-state index in [0.717, 1.165) is 31.7 Å². The summed E-state index contributed by atoms with van der Waals surface area (Å²) < 4.78 is 5.35. The van der Waals surface area contributed by atoms with Gasteiger partial charge in [-0.1, -0.05) is 30.3 Å². The number of amides is 1. The molecule has 27 heavy (non-hydrogen) atoms. The van der Waals surface area contributed by atoms with E-state index in [4.69, 9.17) is 4.74 Å². The lowest BCUT2D eigenvalue weighted by molar-refractivity contribution is -0.120. The molecule has 0 radical (unpaired) electrons. The molecule has 1 amide bonds. The van der Waals surface area contributed by atoms with E-state index in [2.05, 4.69) is 44.8 Å². The second-order valence-electron chi connectivity index (χ2n) is 6.41. The minimum absolute atomic E-state index is 0. The third-order valence-corrected chi connectivity index (χ3v) is 5.53. The number of morpholine rings is 1. The van der Waals surface area contributed by atoms with E-state index in [9.17, 15) is 4.79 Å². The van der Waals surface area contributed by atoms with E-state index < -0.39 is 0 Å². The minimum atomic E-state index is -0.288. The Labute approximate surface area is 175 Å². The number of ether oxygens (including phenoxy) is 1. The highest BCUT2D eigenvalue weighted by Gasteiger charge is 2.25. The molecule has 6 nitrogen and oxygen atoms in total. The molecule has 0 bridgehead atoms. The molecule has 2 N–H and O–H groups in total.